The van der Waals surface area contributed by atoms with Crippen molar-refractivity contribution >= 4 is 44.2 Å². The Bertz CT molecular complexity index is 1530. The van der Waals surface area contributed by atoms with E-state index in [1.807, 2.05) is 30.3 Å². The van der Waals surface area contributed by atoms with Gasteiger partial charge in [0.2, 0.25) is 10.0 Å². The summed E-state index contributed by atoms with van der Waals surface area (Å²) in [6.45, 7) is 5.82. The number of hydrogen-bond donors (Lipinski definition) is 2. The van der Waals surface area contributed by atoms with Crippen LogP contribution in [-0.4, -0.2) is 74.1 Å². The van der Waals surface area contributed by atoms with Crippen molar-refractivity contribution in [3.05, 3.63) is 81.7 Å². The molecule has 41 heavy (non-hydrogen) atoms. The minimum absolute atomic E-state index is 0.0649. The van der Waals surface area contributed by atoms with Crippen molar-refractivity contribution in [3.63, 3.8) is 0 Å². The molecule has 1 aliphatic heterocycles. The van der Waals surface area contributed by atoms with E-state index in [4.69, 9.17) is 0 Å². The molecule has 0 radical (unpaired) electrons. The lowest BCUT2D eigenvalue weighted by Gasteiger charge is -2.30. The van der Waals surface area contributed by atoms with E-state index in [1.54, 1.807) is 0 Å². The van der Waals surface area contributed by atoms with Crippen LogP contribution < -0.4 is 10.6 Å². The number of benzene rings is 2. The third kappa shape index (κ3) is 6.84. The van der Waals surface area contributed by atoms with Gasteiger partial charge in [0, 0.05) is 57.3 Å². The molecule has 0 aliphatic carbocycles. The zero-order valence-electron chi connectivity index (χ0n) is 23.8. The number of fused-ring (bicyclic) bond motifs is 1. The Morgan fingerprint density at radius 1 is 0.976 bits per heavy atom. The van der Waals surface area contributed by atoms with Gasteiger partial charge in [-0.05, 0) is 55.7 Å². The predicted octanol–water partition coefficient (Wildman–Crippen LogP) is 4.00. The molecule has 3 aromatic rings. The summed E-state index contributed by atoms with van der Waals surface area (Å²) in [5.74, 6) is -1.06. The second kappa shape index (κ2) is 12.5. The van der Waals surface area contributed by atoms with Crippen LogP contribution in [0.3, 0.4) is 0 Å². The van der Waals surface area contributed by atoms with E-state index < -0.39 is 27.9 Å². The molecule has 0 bridgehead atoms. The Kier molecular flexibility index (Phi) is 9.27. The van der Waals surface area contributed by atoms with Gasteiger partial charge >= 0.3 is 6.03 Å². The summed E-state index contributed by atoms with van der Waals surface area (Å²) in [6.07, 6.45) is 0.613. The fourth-order valence-electron chi connectivity index (χ4n) is 4.52. The zero-order chi connectivity index (χ0) is 29.9. The summed E-state index contributed by atoms with van der Waals surface area (Å²) in [7, 11) is 0.810. The minimum atomic E-state index is -3.78. The Morgan fingerprint density at radius 2 is 1.63 bits per heavy atom. The number of nitrogens with one attached hydrogen (secondary N) is 2. The van der Waals surface area contributed by atoms with Gasteiger partial charge in [0.05, 0.1) is 10.5 Å². The van der Waals surface area contributed by atoms with Crippen molar-refractivity contribution in [2.75, 3.05) is 33.0 Å². The Morgan fingerprint density at radius 3 is 2.24 bits per heavy atom. The zero-order valence-corrected chi connectivity index (χ0v) is 25.4. The predicted molar refractivity (Wildman–Crippen MR) is 160 cm³/mol. The molecule has 0 saturated carbocycles. The van der Waals surface area contributed by atoms with Crippen molar-refractivity contribution < 1.29 is 22.8 Å². The fourth-order valence-corrected chi connectivity index (χ4v) is 6.95. The largest absolute Gasteiger partial charge is 0.331 e. The Balaban J connectivity index is 1.56. The number of amides is 4. The lowest BCUT2D eigenvalue weighted by Crippen LogP contribution is -2.40. The van der Waals surface area contributed by atoms with E-state index in [2.05, 4.69) is 29.4 Å². The van der Waals surface area contributed by atoms with Crippen molar-refractivity contribution in [2.24, 2.45) is 0 Å². The number of anilines is 1. The molecule has 2 heterocycles. The first-order valence-corrected chi connectivity index (χ1v) is 15.5. The van der Waals surface area contributed by atoms with E-state index >= 15 is 0 Å². The summed E-state index contributed by atoms with van der Waals surface area (Å²) < 4.78 is 27.5. The topological polar surface area (TPSA) is 119 Å². The van der Waals surface area contributed by atoms with Gasteiger partial charge in [-0.2, -0.15) is 4.31 Å². The average Bonchev–Trinajstić information content (AvgIpc) is 3.30. The Labute approximate surface area is 245 Å². The molecule has 2 N–H and O–H groups in total. The van der Waals surface area contributed by atoms with E-state index in [0.717, 1.165) is 22.5 Å². The normalized spacial score (nSPS) is 13.6. The summed E-state index contributed by atoms with van der Waals surface area (Å²) in [5, 5.41) is 5.59. The molecule has 0 unspecified atom stereocenters. The second-order valence-corrected chi connectivity index (χ2v) is 13.6. The summed E-state index contributed by atoms with van der Waals surface area (Å²) >= 11 is 1.32. The molecule has 4 rings (SSSR count). The maximum Gasteiger partial charge on any atom is 0.323 e. The highest BCUT2D eigenvalue weighted by Gasteiger charge is 2.31. The number of thiophene rings is 1. The van der Waals surface area contributed by atoms with Crippen molar-refractivity contribution in [1.29, 1.82) is 0 Å². The van der Waals surface area contributed by atoms with Gasteiger partial charge in [-0.25, -0.2) is 13.2 Å². The highest BCUT2D eigenvalue weighted by Crippen LogP contribution is 2.38. The molecule has 10 nitrogen and oxygen atoms in total. The van der Waals surface area contributed by atoms with Crippen LogP contribution in [-0.2, 0) is 29.5 Å². The van der Waals surface area contributed by atoms with Crippen LogP contribution in [0.1, 0.15) is 50.6 Å². The average molecular weight is 598 g/mol. The molecule has 1 aliphatic rings. The van der Waals surface area contributed by atoms with Crippen LogP contribution in [0.15, 0.2) is 59.5 Å². The van der Waals surface area contributed by atoms with Gasteiger partial charge in [-0.1, -0.05) is 30.3 Å². The number of carbonyl (C=O) groups excluding carboxylic acids is 3. The fraction of sp³-hybridized carbons (Fsp3) is 0.345. The van der Waals surface area contributed by atoms with Crippen LogP contribution in [0.5, 0.6) is 0 Å². The van der Waals surface area contributed by atoms with Crippen LogP contribution in [0, 0.1) is 0 Å². The summed E-state index contributed by atoms with van der Waals surface area (Å²) in [6, 6.07) is 14.7. The number of carbonyl (C=O) groups is 3. The molecule has 4 amide bonds. The van der Waals surface area contributed by atoms with Gasteiger partial charge in [0.25, 0.3) is 11.8 Å². The maximum atomic E-state index is 13.3. The molecular weight excluding hydrogens is 562 g/mol. The number of imide groups is 1. The molecule has 0 atom stereocenters. The van der Waals surface area contributed by atoms with Crippen molar-refractivity contribution in [3.8, 4) is 0 Å². The van der Waals surface area contributed by atoms with Crippen LogP contribution >= 0.6 is 11.3 Å². The number of hydrogen-bond acceptors (Lipinski definition) is 7. The standard InChI is InChI=1S/C29H35N5O5S2/c1-19(2)34-16-15-23-24(18-34)40-28(25(23)27(36)31-29(37)32(3)4)30-26(35)21-11-13-22(14-12-21)41(38,39)33(5)17-20-9-7-6-8-10-20/h6-14,19H,15-18H2,1-5H3,(H,30,35)(H,31,36,37). The monoisotopic (exact) mass is 597 g/mol. The number of sulfonamides is 1. The van der Waals surface area contributed by atoms with E-state index in [9.17, 15) is 22.8 Å². The van der Waals surface area contributed by atoms with Crippen LogP contribution in [0.25, 0.3) is 0 Å². The second-order valence-electron chi connectivity index (χ2n) is 10.4. The van der Waals surface area contributed by atoms with E-state index in [-0.39, 0.29) is 17.0 Å². The summed E-state index contributed by atoms with van der Waals surface area (Å²) in [5.41, 5.74) is 2.21. The lowest BCUT2D eigenvalue weighted by molar-refractivity contribution is 0.0956. The van der Waals surface area contributed by atoms with Gasteiger partial charge in [0.15, 0.2) is 0 Å². The van der Waals surface area contributed by atoms with E-state index in [0.29, 0.717) is 29.6 Å². The SMILES string of the molecule is CC(C)N1CCc2c(sc(NC(=O)c3ccc(S(=O)(=O)N(C)Cc4ccccc4)cc3)c2C(=O)NC(=O)N(C)C)C1. The third-order valence-electron chi connectivity index (χ3n) is 6.97. The summed E-state index contributed by atoms with van der Waals surface area (Å²) in [4.78, 5) is 43.3. The molecular formula is C29H35N5O5S2. The molecule has 12 heteroatoms. The molecule has 0 saturated heterocycles. The van der Waals surface area contributed by atoms with Crippen LogP contribution in [0.2, 0.25) is 0 Å². The molecule has 0 spiro atoms. The smallest absolute Gasteiger partial charge is 0.323 e. The van der Waals surface area contributed by atoms with Crippen molar-refractivity contribution in [2.45, 2.75) is 44.3 Å². The number of urea groups is 1. The van der Waals surface area contributed by atoms with Gasteiger partial charge in [-0.15, -0.1) is 11.3 Å². The van der Waals surface area contributed by atoms with E-state index in [1.165, 1.54) is 66.0 Å². The first-order valence-electron chi connectivity index (χ1n) is 13.2. The molecule has 2 aromatic carbocycles. The van der Waals surface area contributed by atoms with Crippen LogP contribution in [0.4, 0.5) is 9.80 Å². The minimum Gasteiger partial charge on any atom is -0.331 e. The van der Waals surface area contributed by atoms with Gasteiger partial charge in [-0.3, -0.25) is 19.8 Å². The first-order chi connectivity index (χ1) is 19.4. The van der Waals surface area contributed by atoms with Crippen molar-refractivity contribution in [1.82, 2.24) is 19.4 Å². The highest BCUT2D eigenvalue weighted by molar-refractivity contribution is 7.89. The molecule has 0 fully saturated rings. The third-order valence-corrected chi connectivity index (χ3v) is 9.92. The number of rotatable bonds is 8. The lowest BCUT2D eigenvalue weighted by atomic mass is 10.0. The molecule has 1 aromatic heterocycles. The van der Waals surface area contributed by atoms with Gasteiger partial charge < -0.3 is 10.2 Å². The van der Waals surface area contributed by atoms with Gasteiger partial charge in [0.1, 0.15) is 5.00 Å². The maximum absolute atomic E-state index is 13.3. The quantitative estimate of drug-likeness (QED) is 0.405. The highest BCUT2D eigenvalue weighted by atomic mass is 32.2. The number of nitrogens with zero attached hydrogens (tertiary/aromatic N) is 3. The molecule has 218 valence electrons. The Hall–Kier alpha value is -3.58. The first kappa shape index (κ1) is 30.4.